The van der Waals surface area contributed by atoms with Crippen LogP contribution in [-0.2, 0) is 11.0 Å². The number of carboxylic acids is 1. The number of carboxylic acid groups (broad SMARTS) is 1. The molecule has 1 fully saturated rings. The van der Waals surface area contributed by atoms with Gasteiger partial charge in [0, 0.05) is 13.1 Å². The summed E-state index contributed by atoms with van der Waals surface area (Å²) in [5.74, 6) is -0.950. The minimum atomic E-state index is -4.40. The predicted octanol–water partition coefficient (Wildman–Crippen LogP) is 3.27. The smallest absolute Gasteiger partial charge is 0.416 e. The van der Waals surface area contributed by atoms with Crippen LogP contribution in [0, 0.1) is 5.41 Å². The lowest BCUT2D eigenvalue weighted by molar-refractivity contribution is -0.147. The van der Waals surface area contributed by atoms with Crippen LogP contribution in [0.5, 0.6) is 0 Å². The topological polar surface area (TPSA) is 69.6 Å². The maximum atomic E-state index is 12.5. The van der Waals surface area contributed by atoms with Crippen LogP contribution in [0.1, 0.15) is 37.4 Å². The van der Waals surface area contributed by atoms with E-state index in [1.807, 2.05) is 0 Å². The van der Waals surface area contributed by atoms with Crippen molar-refractivity contribution >= 4 is 12.0 Å². The Balaban J connectivity index is 1.98. The van der Waals surface area contributed by atoms with Crippen molar-refractivity contribution in [2.75, 3.05) is 13.1 Å². The molecule has 1 aliphatic rings. The normalized spacial score (nSPS) is 22.3. The predicted molar refractivity (Wildman–Crippen MR) is 80.3 cm³/mol. The van der Waals surface area contributed by atoms with Crippen molar-refractivity contribution in [1.29, 1.82) is 0 Å². The average Bonchev–Trinajstić information content (AvgIpc) is 2.90. The number of nitrogens with zero attached hydrogens (tertiary/aromatic N) is 1. The third-order valence-corrected chi connectivity index (χ3v) is 4.35. The lowest BCUT2D eigenvalue weighted by Crippen LogP contribution is -2.41. The maximum Gasteiger partial charge on any atom is 0.416 e. The number of carbonyl (C=O) groups excluding carboxylic acids is 1. The fraction of sp³-hybridized carbons (Fsp3) is 0.500. The molecule has 0 saturated carbocycles. The molecule has 8 heteroatoms. The molecule has 5 nitrogen and oxygen atoms in total. The van der Waals surface area contributed by atoms with Crippen molar-refractivity contribution in [2.24, 2.45) is 5.41 Å². The standard InChI is InChI=1S/C16H19F3N2O3/c1-10(11-3-5-12(6-4-11)16(17,18)19)20-14(24)21-8-7-15(2,9-21)13(22)23/h3-6,10H,7-9H2,1-2H3,(H,20,24)(H,22,23)/t10-,15?/m0/s1. The number of amides is 2. The van der Waals surface area contributed by atoms with E-state index < -0.39 is 35.2 Å². The third-order valence-electron chi connectivity index (χ3n) is 4.35. The van der Waals surface area contributed by atoms with E-state index in [9.17, 15) is 27.9 Å². The number of rotatable bonds is 3. The summed E-state index contributed by atoms with van der Waals surface area (Å²) in [5, 5.41) is 11.9. The largest absolute Gasteiger partial charge is 0.481 e. The number of hydrogen-bond acceptors (Lipinski definition) is 2. The molecule has 0 radical (unpaired) electrons. The van der Waals surface area contributed by atoms with E-state index >= 15 is 0 Å². The number of likely N-dealkylation sites (tertiary alicyclic amines) is 1. The summed E-state index contributed by atoms with van der Waals surface area (Å²) in [6, 6.07) is 3.66. The second-order valence-corrected chi connectivity index (χ2v) is 6.33. The Kier molecular flexibility index (Phi) is 4.77. The Morgan fingerprint density at radius 1 is 1.29 bits per heavy atom. The quantitative estimate of drug-likeness (QED) is 0.884. The molecule has 1 aromatic rings. The Labute approximate surface area is 137 Å². The number of nitrogens with one attached hydrogen (secondary N) is 1. The second kappa shape index (κ2) is 6.33. The number of halogens is 3. The average molecular weight is 344 g/mol. The summed E-state index contributed by atoms with van der Waals surface area (Å²) >= 11 is 0. The van der Waals surface area contributed by atoms with Gasteiger partial charge in [-0.3, -0.25) is 4.79 Å². The number of hydrogen-bond donors (Lipinski definition) is 2. The van der Waals surface area contributed by atoms with Gasteiger partial charge in [0.05, 0.1) is 17.0 Å². The van der Waals surface area contributed by atoms with E-state index in [1.54, 1.807) is 13.8 Å². The van der Waals surface area contributed by atoms with E-state index in [0.29, 0.717) is 18.5 Å². The van der Waals surface area contributed by atoms with Gasteiger partial charge in [-0.25, -0.2) is 4.79 Å². The lowest BCUT2D eigenvalue weighted by Gasteiger charge is -2.23. The molecule has 0 spiro atoms. The van der Waals surface area contributed by atoms with Crippen LogP contribution in [0.3, 0.4) is 0 Å². The fourth-order valence-corrected chi connectivity index (χ4v) is 2.63. The van der Waals surface area contributed by atoms with Crippen LogP contribution in [-0.4, -0.2) is 35.1 Å². The van der Waals surface area contributed by atoms with Crippen LogP contribution >= 0.6 is 0 Å². The summed E-state index contributed by atoms with van der Waals surface area (Å²) in [7, 11) is 0. The van der Waals surface area contributed by atoms with E-state index in [4.69, 9.17) is 0 Å². The number of aliphatic carboxylic acids is 1. The zero-order valence-electron chi connectivity index (χ0n) is 13.4. The molecule has 2 atom stereocenters. The molecule has 1 heterocycles. The van der Waals surface area contributed by atoms with Gasteiger partial charge in [0.25, 0.3) is 0 Å². The zero-order valence-corrected chi connectivity index (χ0v) is 13.4. The Hall–Kier alpha value is -2.25. The van der Waals surface area contributed by atoms with Gasteiger partial charge in [-0.1, -0.05) is 12.1 Å². The minimum absolute atomic E-state index is 0.105. The van der Waals surface area contributed by atoms with E-state index in [-0.39, 0.29) is 6.54 Å². The van der Waals surface area contributed by atoms with Crippen LogP contribution in [0.25, 0.3) is 0 Å². The molecule has 24 heavy (non-hydrogen) atoms. The number of urea groups is 1. The SMILES string of the molecule is C[C@H](NC(=O)N1CCC(C)(C(=O)O)C1)c1ccc(C(F)(F)F)cc1. The van der Waals surface area contributed by atoms with Crippen LogP contribution in [0.2, 0.25) is 0 Å². The summed E-state index contributed by atoms with van der Waals surface area (Å²) in [5.41, 5.74) is -1.17. The Bertz CT molecular complexity index is 630. The van der Waals surface area contributed by atoms with E-state index in [2.05, 4.69) is 5.32 Å². The van der Waals surface area contributed by atoms with Crippen molar-refractivity contribution in [3.63, 3.8) is 0 Å². The van der Waals surface area contributed by atoms with Crippen molar-refractivity contribution < 1.29 is 27.9 Å². The summed E-state index contributed by atoms with van der Waals surface area (Å²) in [6.45, 7) is 3.68. The van der Waals surface area contributed by atoms with Crippen LogP contribution < -0.4 is 5.32 Å². The monoisotopic (exact) mass is 344 g/mol. The molecule has 0 aliphatic carbocycles. The molecule has 2 N–H and O–H groups in total. The highest BCUT2D eigenvalue weighted by atomic mass is 19.4. The van der Waals surface area contributed by atoms with Gasteiger partial charge in [0.1, 0.15) is 0 Å². The summed E-state index contributed by atoms with van der Waals surface area (Å²) < 4.78 is 37.6. The zero-order chi connectivity index (χ0) is 18.1. The number of benzene rings is 1. The lowest BCUT2D eigenvalue weighted by atomic mass is 9.90. The molecule has 1 saturated heterocycles. The van der Waals surface area contributed by atoms with Gasteiger partial charge in [0.15, 0.2) is 0 Å². The van der Waals surface area contributed by atoms with Gasteiger partial charge in [-0.05, 0) is 38.0 Å². The van der Waals surface area contributed by atoms with Crippen LogP contribution in [0.15, 0.2) is 24.3 Å². The third kappa shape index (κ3) is 3.80. The second-order valence-electron chi connectivity index (χ2n) is 6.33. The van der Waals surface area contributed by atoms with Crippen molar-refractivity contribution in [2.45, 2.75) is 32.5 Å². The van der Waals surface area contributed by atoms with Gasteiger partial charge in [-0.2, -0.15) is 13.2 Å². The molecule has 0 bridgehead atoms. The molecule has 1 aliphatic heterocycles. The highest BCUT2D eigenvalue weighted by molar-refractivity contribution is 5.79. The molecular weight excluding hydrogens is 325 g/mol. The molecule has 132 valence electrons. The Morgan fingerprint density at radius 3 is 2.33 bits per heavy atom. The van der Waals surface area contributed by atoms with Crippen molar-refractivity contribution in [3.05, 3.63) is 35.4 Å². The fourth-order valence-electron chi connectivity index (χ4n) is 2.63. The molecule has 2 amide bonds. The summed E-state index contributed by atoms with van der Waals surface area (Å²) in [4.78, 5) is 24.8. The summed E-state index contributed by atoms with van der Waals surface area (Å²) in [6.07, 6.45) is -4.04. The van der Waals surface area contributed by atoms with Crippen molar-refractivity contribution in [3.8, 4) is 0 Å². The molecular formula is C16H19F3N2O3. The van der Waals surface area contributed by atoms with Gasteiger partial charge >= 0.3 is 18.2 Å². The van der Waals surface area contributed by atoms with Crippen LogP contribution in [0.4, 0.5) is 18.0 Å². The van der Waals surface area contributed by atoms with Gasteiger partial charge in [-0.15, -0.1) is 0 Å². The minimum Gasteiger partial charge on any atom is -0.481 e. The molecule has 1 aromatic carbocycles. The number of carbonyl (C=O) groups is 2. The van der Waals surface area contributed by atoms with Gasteiger partial charge in [0.2, 0.25) is 0 Å². The molecule has 0 aromatic heterocycles. The highest BCUT2D eigenvalue weighted by Crippen LogP contribution is 2.31. The first-order valence-corrected chi connectivity index (χ1v) is 7.49. The van der Waals surface area contributed by atoms with Crippen molar-refractivity contribution in [1.82, 2.24) is 10.2 Å². The Morgan fingerprint density at radius 2 is 1.88 bits per heavy atom. The highest BCUT2D eigenvalue weighted by Gasteiger charge is 2.42. The molecule has 1 unspecified atom stereocenters. The molecule has 2 rings (SSSR count). The van der Waals surface area contributed by atoms with E-state index in [0.717, 1.165) is 12.1 Å². The van der Waals surface area contributed by atoms with Gasteiger partial charge < -0.3 is 15.3 Å². The maximum absolute atomic E-state index is 12.5. The first kappa shape index (κ1) is 18.1. The first-order chi connectivity index (χ1) is 11.0. The first-order valence-electron chi connectivity index (χ1n) is 7.49. The van der Waals surface area contributed by atoms with E-state index in [1.165, 1.54) is 17.0 Å². The number of alkyl halides is 3.